The smallest absolute Gasteiger partial charge is 0.312 e. The van der Waals surface area contributed by atoms with Crippen LogP contribution in [0.5, 0.6) is 0 Å². The van der Waals surface area contributed by atoms with Crippen LogP contribution >= 0.6 is 12.4 Å². The van der Waals surface area contributed by atoms with Gasteiger partial charge in [0.1, 0.15) is 6.04 Å². The fraction of sp³-hybridized carbons (Fsp3) is 0.500. The van der Waals surface area contributed by atoms with E-state index in [1.807, 2.05) is 24.3 Å². The van der Waals surface area contributed by atoms with Gasteiger partial charge in [-0.2, -0.15) is 4.79 Å². The van der Waals surface area contributed by atoms with Crippen molar-refractivity contribution < 1.29 is 4.79 Å². The summed E-state index contributed by atoms with van der Waals surface area (Å²) in [7, 11) is 0. The number of halogens is 1. The van der Waals surface area contributed by atoms with Crippen molar-refractivity contribution in [1.82, 2.24) is 4.90 Å². The molecule has 0 aliphatic heterocycles. The second-order valence-electron chi connectivity index (χ2n) is 2.93. The van der Waals surface area contributed by atoms with E-state index in [1.54, 1.807) is 0 Å². The summed E-state index contributed by atoms with van der Waals surface area (Å²) in [6, 6.07) is 0.130. The van der Waals surface area contributed by atoms with Crippen molar-refractivity contribution in [2.45, 2.75) is 19.9 Å². The molecule has 78 valence electrons. The first-order chi connectivity index (χ1) is 6.33. The molecule has 0 aromatic heterocycles. The molecule has 1 atom stereocenters. The van der Waals surface area contributed by atoms with Crippen molar-refractivity contribution in [3.8, 4) is 0 Å². The third-order valence-electron chi connectivity index (χ3n) is 2.30. The van der Waals surface area contributed by atoms with Gasteiger partial charge in [-0.25, -0.2) is 0 Å². The van der Waals surface area contributed by atoms with Gasteiger partial charge in [-0.3, -0.25) is 4.90 Å². The van der Waals surface area contributed by atoms with Gasteiger partial charge < -0.3 is 5.53 Å². The Morgan fingerprint density at radius 3 is 2.50 bits per heavy atom. The number of allylic oxidation sites excluding steroid dienone is 2. The normalized spacial score (nSPS) is 19.4. The Morgan fingerprint density at radius 1 is 1.36 bits per heavy atom. The topological polar surface area (TPSA) is 39.6 Å². The van der Waals surface area contributed by atoms with Crippen LogP contribution in [0.1, 0.15) is 13.8 Å². The molecule has 1 aliphatic carbocycles. The minimum atomic E-state index is 0. The third-order valence-corrected chi connectivity index (χ3v) is 2.30. The summed E-state index contributed by atoms with van der Waals surface area (Å²) < 4.78 is 0. The van der Waals surface area contributed by atoms with Crippen LogP contribution < -0.4 is 0 Å². The van der Waals surface area contributed by atoms with Gasteiger partial charge in [-0.15, -0.1) is 12.4 Å². The van der Waals surface area contributed by atoms with Crippen molar-refractivity contribution in [2.24, 2.45) is 0 Å². The van der Waals surface area contributed by atoms with Gasteiger partial charge in [0, 0.05) is 6.08 Å². The molecule has 0 spiro atoms. The Morgan fingerprint density at radius 2 is 2.00 bits per heavy atom. The summed E-state index contributed by atoms with van der Waals surface area (Å²) in [6.45, 7) is 6.12. The maximum Gasteiger partial charge on any atom is 0.312 e. The minimum Gasteiger partial charge on any atom is -0.361 e. The molecule has 1 rings (SSSR count). The predicted octanol–water partition coefficient (Wildman–Crippen LogP) is 1.92. The highest BCUT2D eigenvalue weighted by Crippen LogP contribution is 2.07. The average Bonchev–Trinajstić information content (AvgIpc) is 2.20. The van der Waals surface area contributed by atoms with Crippen LogP contribution in [0.4, 0.5) is 0 Å². The lowest BCUT2D eigenvalue weighted by molar-refractivity contribution is -0.0118. The molecule has 0 radical (unpaired) electrons. The monoisotopic (exact) mass is 213 g/mol. The molecule has 0 saturated heterocycles. The lowest BCUT2D eigenvalue weighted by Crippen LogP contribution is -2.40. The summed E-state index contributed by atoms with van der Waals surface area (Å²) in [6.07, 6.45) is 7.75. The summed E-state index contributed by atoms with van der Waals surface area (Å²) >= 11 is 0. The number of rotatable bonds is 3. The second kappa shape index (κ2) is 6.55. The van der Waals surface area contributed by atoms with Crippen LogP contribution in [0.3, 0.4) is 0 Å². The van der Waals surface area contributed by atoms with E-state index in [9.17, 15) is 0 Å². The van der Waals surface area contributed by atoms with Crippen LogP contribution in [0.25, 0.3) is 5.53 Å². The fourth-order valence-electron chi connectivity index (χ4n) is 1.54. The van der Waals surface area contributed by atoms with E-state index in [0.29, 0.717) is 5.71 Å². The molecule has 0 aromatic rings. The Kier molecular flexibility index (Phi) is 6.13. The first-order valence-corrected chi connectivity index (χ1v) is 4.64. The molecular weight excluding hydrogens is 198 g/mol. The van der Waals surface area contributed by atoms with E-state index in [1.165, 1.54) is 0 Å². The average molecular weight is 214 g/mol. The Labute approximate surface area is 91.1 Å². The van der Waals surface area contributed by atoms with Gasteiger partial charge >= 0.3 is 5.71 Å². The Balaban J connectivity index is 0.00000169. The van der Waals surface area contributed by atoms with Crippen molar-refractivity contribution in [2.75, 3.05) is 13.1 Å². The van der Waals surface area contributed by atoms with Gasteiger partial charge in [0.15, 0.2) is 0 Å². The SMILES string of the molecule is CCN(CC)C1C=CC=CC1=[N+]=[N-].Cl. The quantitative estimate of drug-likeness (QED) is 0.522. The lowest BCUT2D eigenvalue weighted by atomic mass is 10.1. The van der Waals surface area contributed by atoms with E-state index in [4.69, 9.17) is 5.53 Å². The molecule has 14 heavy (non-hydrogen) atoms. The summed E-state index contributed by atoms with van der Waals surface area (Å²) in [5.74, 6) is 0. The highest BCUT2D eigenvalue weighted by atomic mass is 35.5. The van der Waals surface area contributed by atoms with Gasteiger partial charge in [0.25, 0.3) is 0 Å². The van der Waals surface area contributed by atoms with E-state index >= 15 is 0 Å². The predicted molar refractivity (Wildman–Crippen MR) is 60.9 cm³/mol. The highest BCUT2D eigenvalue weighted by Gasteiger charge is 2.24. The molecule has 0 aromatic carbocycles. The van der Waals surface area contributed by atoms with Crippen LogP contribution in [-0.4, -0.2) is 34.5 Å². The van der Waals surface area contributed by atoms with Crippen LogP contribution in [0.15, 0.2) is 24.3 Å². The molecule has 4 heteroatoms. The molecule has 0 saturated carbocycles. The molecule has 0 heterocycles. The maximum absolute atomic E-state index is 8.78. The summed E-state index contributed by atoms with van der Waals surface area (Å²) in [4.78, 5) is 5.51. The van der Waals surface area contributed by atoms with Gasteiger partial charge in [-0.1, -0.05) is 32.1 Å². The van der Waals surface area contributed by atoms with Crippen LogP contribution in [0, 0.1) is 0 Å². The number of likely N-dealkylation sites (N-methyl/N-ethyl adjacent to an activating group) is 1. The van der Waals surface area contributed by atoms with E-state index in [2.05, 4.69) is 23.5 Å². The zero-order chi connectivity index (χ0) is 9.68. The van der Waals surface area contributed by atoms with E-state index in [0.717, 1.165) is 13.1 Å². The second-order valence-corrected chi connectivity index (χ2v) is 2.93. The molecular formula is C10H16ClN3. The standard InChI is InChI=1S/C10H15N3.ClH/c1-3-13(4-2)10-8-6-5-7-9(10)12-11;/h5-8,10H,3-4H2,1-2H3;1H. The molecule has 0 bridgehead atoms. The number of hydrogen-bond donors (Lipinski definition) is 0. The van der Waals surface area contributed by atoms with Crippen molar-refractivity contribution in [1.29, 1.82) is 0 Å². The molecule has 0 amide bonds. The van der Waals surface area contributed by atoms with E-state index < -0.39 is 0 Å². The van der Waals surface area contributed by atoms with Gasteiger partial charge in [0.2, 0.25) is 0 Å². The highest BCUT2D eigenvalue weighted by molar-refractivity contribution is 5.97. The van der Waals surface area contributed by atoms with Crippen LogP contribution in [0.2, 0.25) is 0 Å². The van der Waals surface area contributed by atoms with Gasteiger partial charge in [-0.05, 0) is 13.1 Å². The maximum atomic E-state index is 8.78. The van der Waals surface area contributed by atoms with E-state index in [-0.39, 0.29) is 18.4 Å². The largest absolute Gasteiger partial charge is 0.361 e. The van der Waals surface area contributed by atoms with Crippen molar-refractivity contribution in [3.63, 3.8) is 0 Å². The molecule has 1 unspecified atom stereocenters. The zero-order valence-corrected chi connectivity index (χ0v) is 9.37. The number of hydrogen-bond acceptors (Lipinski definition) is 1. The van der Waals surface area contributed by atoms with Gasteiger partial charge in [0.05, 0.1) is 0 Å². The molecule has 3 nitrogen and oxygen atoms in total. The first-order valence-electron chi connectivity index (χ1n) is 4.64. The molecule has 0 fully saturated rings. The number of nitrogens with zero attached hydrogens (tertiary/aromatic N) is 3. The molecule has 0 N–H and O–H groups in total. The third kappa shape index (κ3) is 2.81. The van der Waals surface area contributed by atoms with Crippen molar-refractivity contribution in [3.05, 3.63) is 29.8 Å². The van der Waals surface area contributed by atoms with Crippen LogP contribution in [-0.2, 0) is 0 Å². The summed E-state index contributed by atoms with van der Waals surface area (Å²) in [5.41, 5.74) is 9.49. The summed E-state index contributed by atoms with van der Waals surface area (Å²) in [5, 5.41) is 0. The minimum absolute atomic E-state index is 0. The fourth-order valence-corrected chi connectivity index (χ4v) is 1.54. The zero-order valence-electron chi connectivity index (χ0n) is 8.55. The first kappa shape index (κ1) is 13.1. The van der Waals surface area contributed by atoms with Crippen molar-refractivity contribution >= 4 is 18.1 Å². The lowest BCUT2D eigenvalue weighted by Gasteiger charge is -2.23. The Bertz CT molecular complexity index is 273. The Hall–Kier alpha value is -0.890. The molecule has 1 aliphatic rings.